The Morgan fingerprint density at radius 2 is 2.25 bits per heavy atom. The van der Waals surface area contributed by atoms with Crippen molar-refractivity contribution in [2.45, 2.75) is 18.4 Å². The van der Waals surface area contributed by atoms with Crippen LogP contribution in [0.25, 0.3) is 0 Å². The Kier molecular flexibility index (Phi) is 3.41. The largest absolute Gasteiger partial charge is 0.493 e. The molecular weight excluding hydrogens is 209 g/mol. The van der Waals surface area contributed by atoms with Gasteiger partial charge in [-0.3, -0.25) is 0 Å². The third-order valence-electron chi connectivity index (χ3n) is 2.76. The fraction of sp³-hybridized carbons (Fsp3) is 0.500. The molecule has 0 unspecified atom stereocenters. The molecule has 16 heavy (non-hydrogen) atoms. The van der Waals surface area contributed by atoms with Gasteiger partial charge in [-0.15, -0.1) is 0 Å². The summed E-state index contributed by atoms with van der Waals surface area (Å²) < 4.78 is 18.2. The molecule has 0 aliphatic carbocycles. The average Bonchev–Trinajstić information content (AvgIpc) is 2.22. The fourth-order valence-electron chi connectivity index (χ4n) is 1.74. The molecule has 0 aromatic heterocycles. The predicted molar refractivity (Wildman–Crippen MR) is 58.9 cm³/mol. The molecule has 1 aromatic rings. The van der Waals surface area contributed by atoms with Crippen LogP contribution in [-0.2, 0) is 0 Å². The highest BCUT2D eigenvalue weighted by Gasteiger charge is 2.33. The van der Waals surface area contributed by atoms with Crippen molar-refractivity contribution >= 4 is 0 Å². The molecule has 1 aromatic carbocycles. The highest BCUT2D eigenvalue weighted by Crippen LogP contribution is 2.18. The number of rotatable bonds is 5. The first-order chi connectivity index (χ1) is 7.68. The summed E-state index contributed by atoms with van der Waals surface area (Å²) in [5.74, 6) is 0.248. The van der Waals surface area contributed by atoms with E-state index < -0.39 is 5.60 Å². The molecule has 0 spiro atoms. The molecule has 3 nitrogen and oxygen atoms in total. The highest BCUT2D eigenvalue weighted by atomic mass is 19.1. The van der Waals surface area contributed by atoms with Crippen LogP contribution in [0.4, 0.5) is 4.39 Å². The van der Waals surface area contributed by atoms with E-state index in [2.05, 4.69) is 5.32 Å². The van der Waals surface area contributed by atoms with E-state index in [-0.39, 0.29) is 5.82 Å². The highest BCUT2D eigenvalue weighted by molar-refractivity contribution is 5.22. The van der Waals surface area contributed by atoms with Gasteiger partial charge in [-0.1, -0.05) is 6.07 Å². The van der Waals surface area contributed by atoms with E-state index in [0.29, 0.717) is 25.4 Å². The summed E-state index contributed by atoms with van der Waals surface area (Å²) >= 11 is 0. The number of hydrogen-bond donors (Lipinski definition) is 2. The summed E-state index contributed by atoms with van der Waals surface area (Å²) in [4.78, 5) is 0. The first kappa shape index (κ1) is 11.4. The molecule has 0 amide bonds. The summed E-state index contributed by atoms with van der Waals surface area (Å²) in [6.07, 6.45) is 1.49. The zero-order valence-corrected chi connectivity index (χ0v) is 9.08. The van der Waals surface area contributed by atoms with Crippen LogP contribution in [0.2, 0.25) is 0 Å². The summed E-state index contributed by atoms with van der Waals surface area (Å²) in [6.45, 7) is 1.83. The second kappa shape index (κ2) is 4.80. The quantitative estimate of drug-likeness (QED) is 0.743. The third kappa shape index (κ3) is 2.93. The second-order valence-corrected chi connectivity index (χ2v) is 4.24. The minimum Gasteiger partial charge on any atom is -0.493 e. The van der Waals surface area contributed by atoms with Crippen LogP contribution < -0.4 is 10.1 Å². The lowest BCUT2D eigenvalue weighted by Crippen LogP contribution is -2.59. The second-order valence-electron chi connectivity index (χ2n) is 4.24. The van der Waals surface area contributed by atoms with Gasteiger partial charge in [0, 0.05) is 19.2 Å². The fourth-order valence-corrected chi connectivity index (χ4v) is 1.74. The molecule has 1 fully saturated rings. The first-order valence-electron chi connectivity index (χ1n) is 5.49. The SMILES string of the molecule is OC1(CCCOc2cccc(F)c2)CNC1. The number of nitrogens with one attached hydrogen (secondary N) is 1. The molecule has 4 heteroatoms. The van der Waals surface area contributed by atoms with E-state index in [9.17, 15) is 9.50 Å². The van der Waals surface area contributed by atoms with E-state index >= 15 is 0 Å². The van der Waals surface area contributed by atoms with E-state index in [1.54, 1.807) is 12.1 Å². The molecule has 0 radical (unpaired) electrons. The number of hydrogen-bond acceptors (Lipinski definition) is 3. The van der Waals surface area contributed by atoms with Gasteiger partial charge in [-0.05, 0) is 25.0 Å². The van der Waals surface area contributed by atoms with Gasteiger partial charge in [-0.2, -0.15) is 0 Å². The molecule has 2 rings (SSSR count). The van der Waals surface area contributed by atoms with Crippen LogP contribution in [0.3, 0.4) is 0 Å². The van der Waals surface area contributed by atoms with Gasteiger partial charge in [0.1, 0.15) is 11.6 Å². The first-order valence-corrected chi connectivity index (χ1v) is 5.49. The van der Waals surface area contributed by atoms with E-state index in [1.165, 1.54) is 12.1 Å². The number of ether oxygens (including phenoxy) is 1. The number of benzene rings is 1. The molecule has 88 valence electrons. The lowest BCUT2D eigenvalue weighted by atomic mass is 9.92. The summed E-state index contributed by atoms with van der Waals surface area (Å²) in [5.41, 5.74) is -0.550. The molecule has 0 saturated carbocycles. The minimum atomic E-state index is -0.550. The van der Waals surface area contributed by atoms with Gasteiger partial charge in [0.2, 0.25) is 0 Å². The van der Waals surface area contributed by atoms with E-state index in [1.807, 2.05) is 0 Å². The van der Waals surface area contributed by atoms with E-state index in [4.69, 9.17) is 4.74 Å². The minimum absolute atomic E-state index is 0.292. The molecule has 2 N–H and O–H groups in total. The summed E-state index contributed by atoms with van der Waals surface area (Å²) in [5, 5.41) is 12.8. The van der Waals surface area contributed by atoms with Crippen molar-refractivity contribution in [2.24, 2.45) is 0 Å². The molecule has 1 aliphatic rings. The van der Waals surface area contributed by atoms with Crippen molar-refractivity contribution in [1.29, 1.82) is 0 Å². The molecule has 1 heterocycles. The van der Waals surface area contributed by atoms with Crippen molar-refractivity contribution in [3.8, 4) is 5.75 Å². The molecule has 0 atom stereocenters. The monoisotopic (exact) mass is 225 g/mol. The van der Waals surface area contributed by atoms with E-state index in [0.717, 1.165) is 12.8 Å². The van der Waals surface area contributed by atoms with Crippen molar-refractivity contribution in [3.63, 3.8) is 0 Å². The number of β-amino-alcohol motifs (C(OH)–C–C–N with tert-alkyl or cyclic N) is 1. The molecule has 1 aliphatic heterocycles. The Labute approximate surface area is 94.2 Å². The summed E-state index contributed by atoms with van der Waals surface area (Å²) in [6, 6.07) is 6.09. The van der Waals surface area contributed by atoms with Crippen molar-refractivity contribution in [1.82, 2.24) is 5.32 Å². The van der Waals surface area contributed by atoms with Gasteiger partial charge in [0.05, 0.1) is 12.2 Å². The standard InChI is InChI=1S/C12H16FNO2/c13-10-3-1-4-11(7-10)16-6-2-5-12(15)8-14-9-12/h1,3-4,7,14-15H,2,5-6,8-9H2. The zero-order valence-electron chi connectivity index (χ0n) is 9.08. The van der Waals surface area contributed by atoms with Crippen LogP contribution >= 0.6 is 0 Å². The topological polar surface area (TPSA) is 41.5 Å². The van der Waals surface area contributed by atoms with Crippen LogP contribution in [0.5, 0.6) is 5.75 Å². The summed E-state index contributed by atoms with van der Waals surface area (Å²) in [7, 11) is 0. The van der Waals surface area contributed by atoms with Gasteiger partial charge in [-0.25, -0.2) is 4.39 Å². The Balaban J connectivity index is 1.68. The Hall–Kier alpha value is -1.13. The smallest absolute Gasteiger partial charge is 0.126 e. The third-order valence-corrected chi connectivity index (χ3v) is 2.76. The lowest BCUT2D eigenvalue weighted by molar-refractivity contribution is -0.0210. The van der Waals surface area contributed by atoms with Crippen LogP contribution in [-0.4, -0.2) is 30.4 Å². The van der Waals surface area contributed by atoms with Gasteiger partial charge < -0.3 is 15.2 Å². The van der Waals surface area contributed by atoms with Gasteiger partial charge in [0.25, 0.3) is 0 Å². The maximum atomic E-state index is 12.8. The molecular formula is C12H16FNO2. The van der Waals surface area contributed by atoms with Crippen molar-refractivity contribution < 1.29 is 14.2 Å². The average molecular weight is 225 g/mol. The Morgan fingerprint density at radius 3 is 2.88 bits per heavy atom. The predicted octanol–water partition coefficient (Wildman–Crippen LogP) is 1.32. The molecule has 0 bridgehead atoms. The van der Waals surface area contributed by atoms with Crippen molar-refractivity contribution in [2.75, 3.05) is 19.7 Å². The molecule has 1 saturated heterocycles. The number of halogens is 1. The van der Waals surface area contributed by atoms with Crippen LogP contribution in [0, 0.1) is 5.82 Å². The Bertz CT molecular complexity index is 353. The van der Waals surface area contributed by atoms with Crippen LogP contribution in [0.15, 0.2) is 24.3 Å². The zero-order chi connectivity index (χ0) is 11.4. The maximum Gasteiger partial charge on any atom is 0.126 e. The Morgan fingerprint density at radius 1 is 1.44 bits per heavy atom. The van der Waals surface area contributed by atoms with Gasteiger partial charge in [0.15, 0.2) is 0 Å². The number of aliphatic hydroxyl groups is 1. The van der Waals surface area contributed by atoms with Crippen LogP contribution in [0.1, 0.15) is 12.8 Å². The van der Waals surface area contributed by atoms with Gasteiger partial charge >= 0.3 is 0 Å². The normalized spacial score (nSPS) is 17.9. The maximum absolute atomic E-state index is 12.8. The lowest BCUT2D eigenvalue weighted by Gasteiger charge is -2.37. The van der Waals surface area contributed by atoms with Crippen molar-refractivity contribution in [3.05, 3.63) is 30.1 Å².